The molecule has 0 radical (unpaired) electrons. The maximum atomic E-state index is 14.3. The standard InChI is InChI=1S/C27H29ClFN3O5/c1-4-37-15-27(3,26(35)36)14-20(30-25(34)24-13-23(16(2)33)31-32-24)11-17-5-7-18(8-6-17)21-12-19(28)9-10-22(21)29/h5-10,12-13,20H,4,11,14-15H2,1-3H3,(H,30,34)(H,31,32)(H,35,36)/t20-,27-/m0/s1. The van der Waals surface area contributed by atoms with Crippen molar-refractivity contribution in [1.29, 1.82) is 0 Å². The molecule has 37 heavy (non-hydrogen) atoms. The summed E-state index contributed by atoms with van der Waals surface area (Å²) in [5, 5.41) is 19.6. The lowest BCUT2D eigenvalue weighted by Crippen LogP contribution is -2.44. The van der Waals surface area contributed by atoms with Crippen LogP contribution in [0.25, 0.3) is 11.1 Å². The van der Waals surface area contributed by atoms with Crippen molar-refractivity contribution in [2.24, 2.45) is 5.41 Å². The van der Waals surface area contributed by atoms with E-state index in [-0.39, 0.29) is 30.2 Å². The first-order valence-corrected chi connectivity index (χ1v) is 12.1. The van der Waals surface area contributed by atoms with Crippen LogP contribution in [0.5, 0.6) is 0 Å². The van der Waals surface area contributed by atoms with Gasteiger partial charge >= 0.3 is 5.97 Å². The van der Waals surface area contributed by atoms with E-state index in [1.807, 2.05) is 0 Å². The SMILES string of the molecule is CCOC[C@](C)(C[C@H](Cc1ccc(-c2cc(Cl)ccc2F)cc1)NC(=O)c1cc(C(C)=O)n[nH]1)C(=O)O. The van der Waals surface area contributed by atoms with Crippen LogP contribution in [0.1, 0.15) is 53.7 Å². The molecule has 3 N–H and O–H groups in total. The summed E-state index contributed by atoms with van der Waals surface area (Å²) in [6.45, 7) is 5.00. The Morgan fingerprint density at radius 3 is 2.49 bits per heavy atom. The van der Waals surface area contributed by atoms with Crippen LogP contribution in [-0.4, -0.2) is 52.2 Å². The molecule has 0 unspecified atom stereocenters. The van der Waals surface area contributed by atoms with Crippen molar-refractivity contribution in [2.75, 3.05) is 13.2 Å². The summed E-state index contributed by atoms with van der Waals surface area (Å²) < 4.78 is 19.7. The maximum absolute atomic E-state index is 14.3. The van der Waals surface area contributed by atoms with Crippen LogP contribution in [0.3, 0.4) is 0 Å². The summed E-state index contributed by atoms with van der Waals surface area (Å²) in [7, 11) is 0. The van der Waals surface area contributed by atoms with Gasteiger partial charge in [0, 0.05) is 30.2 Å². The molecule has 3 rings (SSSR count). The van der Waals surface area contributed by atoms with Gasteiger partial charge in [0.15, 0.2) is 5.78 Å². The van der Waals surface area contributed by atoms with Crippen LogP contribution >= 0.6 is 11.6 Å². The number of aliphatic carboxylic acids is 1. The number of carbonyl (C=O) groups is 3. The second-order valence-corrected chi connectivity index (χ2v) is 9.56. The molecule has 2 aromatic carbocycles. The Bertz CT molecular complexity index is 1280. The van der Waals surface area contributed by atoms with Gasteiger partial charge < -0.3 is 15.2 Å². The molecule has 0 bridgehead atoms. The van der Waals surface area contributed by atoms with E-state index in [9.17, 15) is 23.9 Å². The number of H-pyrrole nitrogens is 1. The molecule has 2 atom stereocenters. The topological polar surface area (TPSA) is 121 Å². The van der Waals surface area contributed by atoms with Crippen molar-refractivity contribution in [1.82, 2.24) is 15.5 Å². The summed E-state index contributed by atoms with van der Waals surface area (Å²) in [6, 6.07) is 12.1. The lowest BCUT2D eigenvalue weighted by atomic mass is 9.82. The smallest absolute Gasteiger partial charge is 0.311 e. The van der Waals surface area contributed by atoms with Gasteiger partial charge in [0.2, 0.25) is 0 Å². The number of nitrogens with zero attached hydrogens (tertiary/aromatic N) is 1. The zero-order chi connectivity index (χ0) is 27.2. The second-order valence-electron chi connectivity index (χ2n) is 9.13. The number of hydrogen-bond acceptors (Lipinski definition) is 5. The minimum Gasteiger partial charge on any atom is -0.481 e. The number of carboxylic acid groups (broad SMARTS) is 1. The van der Waals surface area contributed by atoms with Gasteiger partial charge in [-0.05, 0) is 62.1 Å². The number of carbonyl (C=O) groups excluding carboxylic acids is 2. The number of rotatable bonds is 12. The van der Waals surface area contributed by atoms with Crippen molar-refractivity contribution in [3.8, 4) is 11.1 Å². The number of aromatic amines is 1. The molecule has 0 saturated carbocycles. The zero-order valence-electron chi connectivity index (χ0n) is 20.8. The Morgan fingerprint density at radius 1 is 1.19 bits per heavy atom. The monoisotopic (exact) mass is 529 g/mol. The highest BCUT2D eigenvalue weighted by Gasteiger charge is 2.37. The molecule has 0 spiro atoms. The van der Waals surface area contributed by atoms with E-state index >= 15 is 0 Å². The third kappa shape index (κ3) is 7.24. The Kier molecular flexibility index (Phi) is 9.18. The van der Waals surface area contributed by atoms with Crippen LogP contribution in [-0.2, 0) is 16.0 Å². The van der Waals surface area contributed by atoms with Gasteiger partial charge in [-0.3, -0.25) is 19.5 Å². The normalized spacial score (nSPS) is 13.5. The molecule has 1 heterocycles. The molecule has 3 aromatic rings. The second kappa shape index (κ2) is 12.1. The summed E-state index contributed by atoms with van der Waals surface area (Å²) in [4.78, 5) is 36.6. The molecule has 1 amide bonds. The highest BCUT2D eigenvalue weighted by atomic mass is 35.5. The fraction of sp³-hybridized carbons (Fsp3) is 0.333. The largest absolute Gasteiger partial charge is 0.481 e. The summed E-state index contributed by atoms with van der Waals surface area (Å²) in [5.41, 5.74) is 0.733. The first-order valence-electron chi connectivity index (χ1n) is 11.7. The lowest BCUT2D eigenvalue weighted by Gasteiger charge is -2.30. The van der Waals surface area contributed by atoms with E-state index in [2.05, 4.69) is 15.5 Å². The number of hydrogen-bond donors (Lipinski definition) is 3. The third-order valence-corrected chi connectivity index (χ3v) is 6.27. The molecule has 1 aromatic heterocycles. The predicted octanol–water partition coefficient (Wildman–Crippen LogP) is 4.93. The van der Waals surface area contributed by atoms with Gasteiger partial charge in [0.25, 0.3) is 5.91 Å². The van der Waals surface area contributed by atoms with Gasteiger partial charge in [0.1, 0.15) is 17.2 Å². The number of ketones is 1. The van der Waals surface area contributed by atoms with E-state index in [1.54, 1.807) is 44.2 Å². The summed E-state index contributed by atoms with van der Waals surface area (Å²) in [5.74, 6) is -2.27. The molecular weight excluding hydrogens is 501 g/mol. The predicted molar refractivity (Wildman–Crippen MR) is 137 cm³/mol. The van der Waals surface area contributed by atoms with Crippen molar-refractivity contribution in [2.45, 2.75) is 39.7 Å². The fourth-order valence-corrected chi connectivity index (χ4v) is 4.13. The Hall–Kier alpha value is -3.56. The van der Waals surface area contributed by atoms with Crippen molar-refractivity contribution in [3.63, 3.8) is 0 Å². The average Bonchev–Trinajstić information content (AvgIpc) is 3.36. The number of Topliss-reactive ketones (excluding diaryl/α,β-unsaturated/α-hetero) is 1. The molecule has 0 fully saturated rings. The Labute approximate surface area is 219 Å². The van der Waals surface area contributed by atoms with Crippen molar-refractivity contribution < 1.29 is 28.6 Å². The highest BCUT2D eigenvalue weighted by molar-refractivity contribution is 6.30. The number of carboxylic acids is 1. The van der Waals surface area contributed by atoms with Gasteiger partial charge in [-0.25, -0.2) is 4.39 Å². The maximum Gasteiger partial charge on any atom is 0.311 e. The first-order chi connectivity index (χ1) is 17.5. The molecule has 0 aliphatic rings. The van der Waals surface area contributed by atoms with Crippen molar-refractivity contribution in [3.05, 3.63) is 76.3 Å². The molecule has 0 aliphatic carbocycles. The van der Waals surface area contributed by atoms with Crippen LogP contribution in [0.2, 0.25) is 5.02 Å². The van der Waals surface area contributed by atoms with Crippen LogP contribution in [0.15, 0.2) is 48.5 Å². The van der Waals surface area contributed by atoms with Gasteiger partial charge in [-0.2, -0.15) is 5.10 Å². The minimum absolute atomic E-state index is 0.0310. The van der Waals surface area contributed by atoms with Crippen LogP contribution < -0.4 is 5.32 Å². The number of amides is 1. The number of aromatic nitrogens is 2. The number of halogens is 2. The molecular formula is C27H29ClFN3O5. The van der Waals surface area contributed by atoms with E-state index in [0.29, 0.717) is 29.2 Å². The Morgan fingerprint density at radius 2 is 1.89 bits per heavy atom. The van der Waals surface area contributed by atoms with E-state index in [4.69, 9.17) is 16.3 Å². The van der Waals surface area contributed by atoms with Gasteiger partial charge in [-0.15, -0.1) is 0 Å². The van der Waals surface area contributed by atoms with Gasteiger partial charge in [-0.1, -0.05) is 35.9 Å². The zero-order valence-corrected chi connectivity index (χ0v) is 21.6. The van der Waals surface area contributed by atoms with Crippen LogP contribution in [0, 0.1) is 11.2 Å². The van der Waals surface area contributed by atoms with Crippen LogP contribution in [0.4, 0.5) is 4.39 Å². The summed E-state index contributed by atoms with van der Waals surface area (Å²) in [6.07, 6.45) is 0.374. The number of ether oxygens (including phenoxy) is 1. The quantitative estimate of drug-likeness (QED) is 0.286. The Balaban J connectivity index is 1.86. The number of nitrogens with one attached hydrogen (secondary N) is 2. The lowest BCUT2D eigenvalue weighted by molar-refractivity contribution is -0.152. The van der Waals surface area contributed by atoms with E-state index in [1.165, 1.54) is 25.1 Å². The summed E-state index contributed by atoms with van der Waals surface area (Å²) >= 11 is 6.02. The average molecular weight is 530 g/mol. The van der Waals surface area contributed by atoms with E-state index in [0.717, 1.165) is 5.56 Å². The van der Waals surface area contributed by atoms with Crippen molar-refractivity contribution >= 4 is 29.3 Å². The highest BCUT2D eigenvalue weighted by Crippen LogP contribution is 2.29. The molecule has 10 heteroatoms. The minimum atomic E-state index is -1.27. The molecule has 8 nitrogen and oxygen atoms in total. The number of benzene rings is 2. The third-order valence-electron chi connectivity index (χ3n) is 6.03. The first kappa shape index (κ1) is 28.0. The van der Waals surface area contributed by atoms with Gasteiger partial charge in [0.05, 0.1) is 12.0 Å². The fourth-order valence-electron chi connectivity index (χ4n) is 3.96. The molecule has 196 valence electrons. The molecule has 0 aliphatic heterocycles. The molecule has 0 saturated heterocycles. The van der Waals surface area contributed by atoms with E-state index < -0.39 is 29.2 Å².